The van der Waals surface area contributed by atoms with Crippen LogP contribution in [0.1, 0.15) is 35.2 Å². The lowest BCUT2D eigenvalue weighted by atomic mass is 10.1. The van der Waals surface area contributed by atoms with Crippen molar-refractivity contribution < 1.29 is 9.18 Å². The topological polar surface area (TPSA) is 38.8 Å². The monoisotopic (exact) mass is 438 g/mol. The molecule has 3 aliphatic rings. The number of para-hydroxylation sites is 1. The van der Waals surface area contributed by atoms with Crippen molar-refractivity contribution in [1.29, 1.82) is 0 Å². The maximum absolute atomic E-state index is 15.1. The lowest BCUT2D eigenvalue weighted by molar-refractivity contribution is 0.0962. The number of hydrogen-bond acceptors (Lipinski definition) is 5. The van der Waals surface area contributed by atoms with Crippen LogP contribution in [0.15, 0.2) is 53.6 Å². The molecule has 0 aliphatic carbocycles. The van der Waals surface area contributed by atoms with Crippen molar-refractivity contribution in [3.05, 3.63) is 65.6 Å². The molecule has 3 heterocycles. The summed E-state index contributed by atoms with van der Waals surface area (Å²) in [6.07, 6.45) is 5.69. The molecular formula is C24H27FN4OS. The van der Waals surface area contributed by atoms with Crippen LogP contribution in [0.3, 0.4) is 0 Å². The number of nitrogens with one attached hydrogen (secondary N) is 1. The predicted octanol–water partition coefficient (Wildman–Crippen LogP) is 4.18. The largest absolute Gasteiger partial charge is 0.355 e. The number of nitrogens with zero attached hydrogens (tertiary/aromatic N) is 3. The number of anilines is 1. The van der Waals surface area contributed by atoms with Crippen molar-refractivity contribution in [2.24, 2.45) is 0 Å². The fourth-order valence-corrected chi connectivity index (χ4v) is 5.98. The molecule has 31 heavy (non-hydrogen) atoms. The number of halogens is 1. The van der Waals surface area contributed by atoms with E-state index in [-0.39, 0.29) is 17.2 Å². The highest BCUT2D eigenvalue weighted by Gasteiger charge is 2.40. The molecule has 0 spiro atoms. The molecule has 1 unspecified atom stereocenters. The number of hydrogen-bond donors (Lipinski definition) is 1. The van der Waals surface area contributed by atoms with Crippen LogP contribution in [0.25, 0.3) is 5.70 Å². The minimum Gasteiger partial charge on any atom is -0.355 e. The molecule has 1 atom stereocenters. The van der Waals surface area contributed by atoms with Crippen LogP contribution in [0, 0.1) is 5.82 Å². The smallest absolute Gasteiger partial charge is 0.251 e. The summed E-state index contributed by atoms with van der Waals surface area (Å²) < 4.78 is 15.1. The van der Waals surface area contributed by atoms with Crippen molar-refractivity contribution in [1.82, 2.24) is 15.1 Å². The Kier molecular flexibility index (Phi) is 5.63. The van der Waals surface area contributed by atoms with Crippen LogP contribution in [-0.2, 0) is 0 Å². The van der Waals surface area contributed by atoms with Gasteiger partial charge in [-0.2, -0.15) is 0 Å². The van der Waals surface area contributed by atoms with Gasteiger partial charge in [-0.3, -0.25) is 4.79 Å². The Morgan fingerprint density at radius 1 is 1.16 bits per heavy atom. The zero-order valence-electron chi connectivity index (χ0n) is 17.7. The summed E-state index contributed by atoms with van der Waals surface area (Å²) in [5.41, 5.74) is 3.03. The lowest BCUT2D eigenvalue weighted by Gasteiger charge is -2.30. The fourth-order valence-electron chi connectivity index (χ4n) is 4.67. The second kappa shape index (κ2) is 8.55. The Morgan fingerprint density at radius 2 is 1.97 bits per heavy atom. The van der Waals surface area contributed by atoms with Crippen LogP contribution in [0.2, 0.25) is 0 Å². The second-order valence-electron chi connectivity index (χ2n) is 8.20. The van der Waals surface area contributed by atoms with Gasteiger partial charge in [0.25, 0.3) is 5.91 Å². The molecule has 1 saturated heterocycles. The quantitative estimate of drug-likeness (QED) is 0.733. The molecule has 0 aromatic heterocycles. The average molecular weight is 439 g/mol. The number of benzene rings is 2. The Morgan fingerprint density at radius 3 is 2.74 bits per heavy atom. The number of thioether (sulfide) groups is 1. The summed E-state index contributed by atoms with van der Waals surface area (Å²) in [6.45, 7) is 4.31. The minimum absolute atomic E-state index is 0.101. The third-order valence-corrected chi connectivity index (χ3v) is 7.55. The second-order valence-corrected chi connectivity index (χ2v) is 9.30. The van der Waals surface area contributed by atoms with E-state index in [2.05, 4.69) is 44.4 Å². The molecule has 0 radical (unpaired) electrons. The standard InChI is InChI=1S/C24H27FN4OS/c1-26-23(30)17-9-10-18(19(25)15-17)21-16-29-20-7-2-3-8-22(20)31-24(29)28(21)14-6-13-27-11-4-5-12-27/h2-3,7-10,15-16,24H,4-6,11-14H2,1H3,(H,26,30). The lowest BCUT2D eigenvalue weighted by Crippen LogP contribution is -2.36. The van der Waals surface area contributed by atoms with Gasteiger partial charge in [-0.1, -0.05) is 23.9 Å². The highest BCUT2D eigenvalue weighted by molar-refractivity contribution is 8.00. The van der Waals surface area contributed by atoms with Gasteiger partial charge in [0.2, 0.25) is 0 Å². The summed E-state index contributed by atoms with van der Waals surface area (Å²) in [6, 6.07) is 13.1. The van der Waals surface area contributed by atoms with Gasteiger partial charge < -0.3 is 20.0 Å². The molecule has 7 heteroatoms. The van der Waals surface area contributed by atoms with Gasteiger partial charge in [-0.15, -0.1) is 0 Å². The number of carbonyl (C=O) groups excluding carboxylic acids is 1. The van der Waals surface area contributed by atoms with Crippen molar-refractivity contribution in [2.45, 2.75) is 29.7 Å². The molecule has 2 aromatic carbocycles. The van der Waals surface area contributed by atoms with Gasteiger partial charge in [0.05, 0.1) is 11.4 Å². The third kappa shape index (κ3) is 3.81. The molecule has 1 amide bonds. The first-order chi connectivity index (χ1) is 15.2. The van der Waals surface area contributed by atoms with E-state index in [9.17, 15) is 4.79 Å². The Bertz CT molecular complexity index is 1020. The summed E-state index contributed by atoms with van der Waals surface area (Å²) in [4.78, 5) is 20.2. The van der Waals surface area contributed by atoms with Gasteiger partial charge in [0, 0.05) is 35.8 Å². The van der Waals surface area contributed by atoms with Gasteiger partial charge >= 0.3 is 0 Å². The van der Waals surface area contributed by atoms with Crippen LogP contribution in [-0.4, -0.2) is 54.4 Å². The number of likely N-dealkylation sites (tertiary alicyclic amines) is 1. The molecule has 2 aromatic rings. The van der Waals surface area contributed by atoms with Crippen molar-refractivity contribution in [3.8, 4) is 0 Å². The predicted molar refractivity (Wildman–Crippen MR) is 123 cm³/mol. The van der Waals surface area contributed by atoms with E-state index in [1.165, 1.54) is 42.6 Å². The Balaban J connectivity index is 1.43. The van der Waals surface area contributed by atoms with Gasteiger partial charge in [0.15, 0.2) is 5.50 Å². The van der Waals surface area contributed by atoms with E-state index in [0.717, 1.165) is 25.2 Å². The first-order valence-corrected chi connectivity index (χ1v) is 11.8. The summed E-state index contributed by atoms with van der Waals surface area (Å²) >= 11 is 1.81. The molecule has 0 saturated carbocycles. The number of rotatable bonds is 6. The van der Waals surface area contributed by atoms with Gasteiger partial charge in [0.1, 0.15) is 5.82 Å². The first-order valence-electron chi connectivity index (χ1n) is 10.9. The molecule has 3 aliphatic heterocycles. The Hall–Kier alpha value is -2.51. The van der Waals surface area contributed by atoms with E-state index in [1.54, 1.807) is 19.2 Å². The molecule has 5 nitrogen and oxygen atoms in total. The van der Waals surface area contributed by atoms with Gasteiger partial charge in [-0.25, -0.2) is 4.39 Å². The average Bonchev–Trinajstić information content (AvgIpc) is 3.50. The van der Waals surface area contributed by atoms with Crippen molar-refractivity contribution in [3.63, 3.8) is 0 Å². The molecule has 0 bridgehead atoms. The van der Waals surface area contributed by atoms with Crippen molar-refractivity contribution >= 4 is 29.1 Å². The summed E-state index contributed by atoms with van der Waals surface area (Å²) in [5, 5.41) is 2.56. The SMILES string of the molecule is CNC(=O)c1ccc(C2=CN3c4ccccc4SC3N2CCCN2CCCC2)c(F)c1. The zero-order chi connectivity index (χ0) is 21.4. The fraction of sp³-hybridized carbons (Fsp3) is 0.375. The van der Waals surface area contributed by atoms with Crippen molar-refractivity contribution in [2.75, 3.05) is 38.1 Å². The maximum Gasteiger partial charge on any atom is 0.251 e. The van der Waals surface area contributed by atoms with E-state index in [4.69, 9.17) is 0 Å². The molecule has 5 rings (SSSR count). The Labute approximate surface area is 186 Å². The van der Waals surface area contributed by atoms with Crippen LogP contribution < -0.4 is 10.2 Å². The van der Waals surface area contributed by atoms with E-state index in [0.29, 0.717) is 11.1 Å². The molecule has 162 valence electrons. The summed E-state index contributed by atoms with van der Waals surface area (Å²) in [7, 11) is 1.55. The van der Waals surface area contributed by atoms with Crippen LogP contribution >= 0.6 is 11.8 Å². The first kappa shape index (κ1) is 20.4. The van der Waals surface area contributed by atoms with E-state index < -0.39 is 0 Å². The van der Waals surface area contributed by atoms with E-state index >= 15 is 4.39 Å². The number of carbonyl (C=O) groups is 1. The molecule has 1 fully saturated rings. The third-order valence-electron chi connectivity index (χ3n) is 6.26. The molecular weight excluding hydrogens is 411 g/mol. The highest BCUT2D eigenvalue weighted by atomic mass is 32.2. The van der Waals surface area contributed by atoms with E-state index in [1.807, 2.05) is 17.8 Å². The van der Waals surface area contributed by atoms with Gasteiger partial charge in [-0.05, 0) is 69.2 Å². The maximum atomic E-state index is 15.1. The minimum atomic E-state index is -0.364. The summed E-state index contributed by atoms with van der Waals surface area (Å²) in [5.74, 6) is -0.644. The zero-order valence-corrected chi connectivity index (χ0v) is 18.5. The normalized spacial score (nSPS) is 20.1. The number of amides is 1. The van der Waals surface area contributed by atoms with Crippen LogP contribution in [0.4, 0.5) is 10.1 Å². The molecule has 1 N–H and O–H groups in total. The highest BCUT2D eigenvalue weighted by Crippen LogP contribution is 2.50. The van der Waals surface area contributed by atoms with Crippen LogP contribution in [0.5, 0.6) is 0 Å². The number of fused-ring (bicyclic) bond motifs is 3.